The highest BCUT2D eigenvalue weighted by Crippen LogP contribution is 2.26. The van der Waals surface area contributed by atoms with E-state index in [1.54, 1.807) is 0 Å². The summed E-state index contributed by atoms with van der Waals surface area (Å²) in [5.41, 5.74) is 0.369. The van der Waals surface area contributed by atoms with Crippen molar-refractivity contribution in [3.63, 3.8) is 0 Å². The fourth-order valence-corrected chi connectivity index (χ4v) is 1.93. The lowest BCUT2D eigenvalue weighted by Crippen LogP contribution is -2.02. The Hall–Kier alpha value is -0.650. The molecule has 0 saturated carbocycles. The van der Waals surface area contributed by atoms with Gasteiger partial charge < -0.3 is 4.74 Å². The number of hydrogen-bond donors (Lipinski definition) is 0. The Morgan fingerprint density at radius 3 is 2.71 bits per heavy atom. The van der Waals surface area contributed by atoms with Crippen LogP contribution in [0, 0.1) is 9.39 Å². The highest BCUT2D eigenvalue weighted by molar-refractivity contribution is 14.1. The third-order valence-corrected chi connectivity index (χ3v) is 2.80. The zero-order valence-corrected chi connectivity index (χ0v) is 10.1. The van der Waals surface area contributed by atoms with Crippen molar-refractivity contribution in [1.82, 2.24) is 0 Å². The normalized spacial score (nSPS) is 10.0. The van der Waals surface area contributed by atoms with Crippen molar-refractivity contribution in [3.05, 3.63) is 27.1 Å². The predicted octanol–water partition coefficient (Wildman–Crippen LogP) is 3.03. The van der Waals surface area contributed by atoms with Crippen LogP contribution in [0.4, 0.5) is 4.39 Å². The molecule has 0 atom stereocenters. The van der Waals surface area contributed by atoms with Crippen LogP contribution in [0.1, 0.15) is 24.2 Å². The minimum Gasteiger partial charge on any atom is -0.493 e. The van der Waals surface area contributed by atoms with Crippen LogP contribution in [-0.2, 0) is 0 Å². The van der Waals surface area contributed by atoms with E-state index in [4.69, 9.17) is 4.74 Å². The number of ketones is 1. The first-order valence-corrected chi connectivity index (χ1v) is 5.27. The monoisotopic (exact) mass is 308 g/mol. The number of ether oxygens (including phenoxy) is 1. The third kappa shape index (κ3) is 2.43. The number of benzene rings is 1. The highest BCUT2D eigenvalue weighted by atomic mass is 127. The summed E-state index contributed by atoms with van der Waals surface area (Å²) in [6, 6.07) is 2.52. The minimum absolute atomic E-state index is 0.158. The van der Waals surface area contributed by atoms with Crippen LogP contribution >= 0.6 is 22.6 Å². The lowest BCUT2D eigenvalue weighted by atomic mass is 10.1. The van der Waals surface area contributed by atoms with E-state index in [-0.39, 0.29) is 5.78 Å². The van der Waals surface area contributed by atoms with Gasteiger partial charge in [0.15, 0.2) is 5.78 Å². The Balaban J connectivity index is 3.24. The first-order chi connectivity index (χ1) is 6.56. The van der Waals surface area contributed by atoms with Gasteiger partial charge in [0.2, 0.25) is 0 Å². The van der Waals surface area contributed by atoms with Gasteiger partial charge in [-0.25, -0.2) is 4.39 Å². The van der Waals surface area contributed by atoms with Gasteiger partial charge in [-0.2, -0.15) is 0 Å². The SMILES string of the molecule is CCOc1cc(F)cc(C(C)=O)c1I. The van der Waals surface area contributed by atoms with E-state index >= 15 is 0 Å². The molecule has 76 valence electrons. The average Bonchev–Trinajstić information content (AvgIpc) is 2.10. The highest BCUT2D eigenvalue weighted by Gasteiger charge is 2.12. The Kier molecular flexibility index (Phi) is 3.86. The molecule has 0 heterocycles. The summed E-state index contributed by atoms with van der Waals surface area (Å²) in [5, 5.41) is 0. The summed E-state index contributed by atoms with van der Waals surface area (Å²) < 4.78 is 18.9. The maximum absolute atomic E-state index is 13.1. The first kappa shape index (κ1) is 11.4. The molecule has 0 aliphatic carbocycles. The average molecular weight is 308 g/mol. The smallest absolute Gasteiger partial charge is 0.161 e. The topological polar surface area (TPSA) is 26.3 Å². The number of carbonyl (C=O) groups is 1. The molecule has 2 nitrogen and oxygen atoms in total. The molecule has 0 radical (unpaired) electrons. The van der Waals surface area contributed by atoms with E-state index in [2.05, 4.69) is 0 Å². The van der Waals surface area contributed by atoms with E-state index in [0.717, 1.165) is 0 Å². The van der Waals surface area contributed by atoms with Gasteiger partial charge in [0.05, 0.1) is 10.2 Å². The third-order valence-electron chi connectivity index (χ3n) is 1.68. The Labute approximate surface area is 95.6 Å². The Morgan fingerprint density at radius 2 is 2.21 bits per heavy atom. The van der Waals surface area contributed by atoms with E-state index in [1.165, 1.54) is 19.1 Å². The number of hydrogen-bond acceptors (Lipinski definition) is 2. The van der Waals surface area contributed by atoms with Gasteiger partial charge in [0.1, 0.15) is 11.6 Å². The number of carbonyl (C=O) groups excluding carboxylic acids is 1. The summed E-state index contributed by atoms with van der Waals surface area (Å²) in [4.78, 5) is 11.1. The van der Waals surface area contributed by atoms with Gasteiger partial charge in [-0.05, 0) is 42.5 Å². The zero-order chi connectivity index (χ0) is 10.7. The van der Waals surface area contributed by atoms with Gasteiger partial charge >= 0.3 is 0 Å². The molecular formula is C10H10FIO2. The largest absolute Gasteiger partial charge is 0.493 e. The molecule has 1 aromatic rings. The summed E-state index contributed by atoms with van der Waals surface area (Å²) in [6.45, 7) is 3.68. The molecule has 1 aromatic carbocycles. The van der Waals surface area contributed by atoms with E-state index in [0.29, 0.717) is 21.5 Å². The molecule has 1 rings (SSSR count). The van der Waals surface area contributed by atoms with Crippen molar-refractivity contribution in [3.8, 4) is 5.75 Å². The molecule has 4 heteroatoms. The van der Waals surface area contributed by atoms with E-state index in [9.17, 15) is 9.18 Å². The first-order valence-electron chi connectivity index (χ1n) is 4.19. The van der Waals surface area contributed by atoms with Crippen molar-refractivity contribution >= 4 is 28.4 Å². The lowest BCUT2D eigenvalue weighted by molar-refractivity contribution is 0.101. The maximum Gasteiger partial charge on any atom is 0.161 e. The standard InChI is InChI=1S/C10H10FIO2/c1-3-14-9-5-7(11)4-8(6(2)13)10(9)12/h4-5H,3H2,1-2H3. The van der Waals surface area contributed by atoms with Gasteiger partial charge in [0, 0.05) is 11.6 Å². The van der Waals surface area contributed by atoms with Crippen LogP contribution < -0.4 is 4.74 Å². The number of halogens is 2. The molecule has 0 amide bonds. The fraction of sp³-hybridized carbons (Fsp3) is 0.300. The molecule has 0 aliphatic heterocycles. The summed E-state index contributed by atoms with van der Waals surface area (Å²) >= 11 is 1.98. The minimum atomic E-state index is -0.445. The molecule has 0 saturated heterocycles. The molecule has 0 unspecified atom stereocenters. The van der Waals surface area contributed by atoms with Crippen LogP contribution in [0.2, 0.25) is 0 Å². The molecule has 14 heavy (non-hydrogen) atoms. The predicted molar refractivity (Wildman–Crippen MR) is 60.3 cm³/mol. The Bertz CT molecular complexity index is 363. The fourth-order valence-electron chi connectivity index (χ4n) is 1.08. The van der Waals surface area contributed by atoms with Gasteiger partial charge in [-0.1, -0.05) is 0 Å². The second-order valence-corrected chi connectivity index (χ2v) is 3.83. The quantitative estimate of drug-likeness (QED) is 0.634. The Morgan fingerprint density at radius 1 is 1.57 bits per heavy atom. The lowest BCUT2D eigenvalue weighted by Gasteiger charge is -2.08. The van der Waals surface area contributed by atoms with Crippen LogP contribution in [0.15, 0.2) is 12.1 Å². The maximum atomic E-state index is 13.1. The second-order valence-electron chi connectivity index (χ2n) is 2.75. The number of Topliss-reactive ketones (excluding diaryl/α,β-unsaturated/α-hetero) is 1. The number of rotatable bonds is 3. The zero-order valence-electron chi connectivity index (χ0n) is 7.93. The van der Waals surface area contributed by atoms with Crippen LogP contribution in [0.3, 0.4) is 0 Å². The molecular weight excluding hydrogens is 298 g/mol. The van der Waals surface area contributed by atoms with Gasteiger partial charge in [-0.3, -0.25) is 4.79 Å². The van der Waals surface area contributed by atoms with Crippen LogP contribution in [-0.4, -0.2) is 12.4 Å². The summed E-state index contributed by atoms with van der Waals surface area (Å²) in [5.74, 6) is -0.174. The van der Waals surface area contributed by atoms with Crippen molar-refractivity contribution < 1.29 is 13.9 Å². The summed E-state index contributed by atoms with van der Waals surface area (Å²) in [7, 11) is 0. The molecule has 0 bridgehead atoms. The van der Waals surface area contributed by atoms with Crippen LogP contribution in [0.25, 0.3) is 0 Å². The van der Waals surface area contributed by atoms with Crippen molar-refractivity contribution in [2.75, 3.05) is 6.61 Å². The second kappa shape index (κ2) is 4.72. The van der Waals surface area contributed by atoms with E-state index < -0.39 is 5.82 Å². The summed E-state index contributed by atoms with van der Waals surface area (Å²) in [6.07, 6.45) is 0. The molecule has 0 spiro atoms. The van der Waals surface area contributed by atoms with Gasteiger partial charge in [0.25, 0.3) is 0 Å². The molecule has 0 fully saturated rings. The van der Waals surface area contributed by atoms with Crippen molar-refractivity contribution in [1.29, 1.82) is 0 Å². The van der Waals surface area contributed by atoms with Gasteiger partial charge in [-0.15, -0.1) is 0 Å². The van der Waals surface area contributed by atoms with Crippen molar-refractivity contribution in [2.24, 2.45) is 0 Å². The van der Waals surface area contributed by atoms with Crippen LogP contribution in [0.5, 0.6) is 5.75 Å². The molecule has 0 aliphatic rings. The van der Waals surface area contributed by atoms with E-state index in [1.807, 2.05) is 29.5 Å². The van der Waals surface area contributed by atoms with Crippen molar-refractivity contribution in [2.45, 2.75) is 13.8 Å². The molecule has 0 aromatic heterocycles. The molecule has 0 N–H and O–H groups in total.